The lowest BCUT2D eigenvalue weighted by molar-refractivity contribution is -0.149. The standard InChI is InChI=1S/C26H30O5/c1-2-29-25(27)20-10-12-21(13-11-20)31-22-14-15-23(24(16-22)19-8-9-19)26(28)30-17-18-6-4-3-5-7-18/h3-7,14-16,19-21H,2,8-13,17H2,1H3/t20-,21+. The van der Waals surface area contributed by atoms with Crippen molar-refractivity contribution in [2.75, 3.05) is 6.61 Å². The number of carbonyl (C=O) groups is 2. The van der Waals surface area contributed by atoms with E-state index in [0.29, 0.717) is 18.1 Å². The minimum absolute atomic E-state index is 0.0106. The van der Waals surface area contributed by atoms with E-state index in [1.165, 1.54) is 0 Å². The molecular formula is C26H30O5. The van der Waals surface area contributed by atoms with Gasteiger partial charge in [-0.1, -0.05) is 30.3 Å². The summed E-state index contributed by atoms with van der Waals surface area (Å²) in [6, 6.07) is 15.4. The van der Waals surface area contributed by atoms with Crippen molar-refractivity contribution in [3.8, 4) is 5.75 Å². The molecule has 2 aliphatic rings. The maximum Gasteiger partial charge on any atom is 0.338 e. The zero-order valence-electron chi connectivity index (χ0n) is 18.0. The van der Waals surface area contributed by atoms with Gasteiger partial charge in [-0.2, -0.15) is 0 Å². The van der Waals surface area contributed by atoms with E-state index in [1.807, 2.05) is 55.5 Å². The van der Waals surface area contributed by atoms with Crippen LogP contribution >= 0.6 is 0 Å². The van der Waals surface area contributed by atoms with Crippen molar-refractivity contribution >= 4 is 11.9 Å². The molecule has 0 saturated heterocycles. The van der Waals surface area contributed by atoms with Crippen LogP contribution in [0.15, 0.2) is 48.5 Å². The van der Waals surface area contributed by atoms with E-state index in [0.717, 1.165) is 55.4 Å². The molecule has 31 heavy (non-hydrogen) atoms. The topological polar surface area (TPSA) is 61.8 Å². The molecule has 0 atom stereocenters. The van der Waals surface area contributed by atoms with E-state index >= 15 is 0 Å². The van der Waals surface area contributed by atoms with Crippen LogP contribution in [0.1, 0.15) is 72.9 Å². The molecule has 0 amide bonds. The predicted molar refractivity (Wildman–Crippen MR) is 117 cm³/mol. The smallest absolute Gasteiger partial charge is 0.338 e. The van der Waals surface area contributed by atoms with Gasteiger partial charge in [0, 0.05) is 0 Å². The Hall–Kier alpha value is -2.82. The highest BCUT2D eigenvalue weighted by molar-refractivity contribution is 5.91. The van der Waals surface area contributed by atoms with Crippen LogP contribution in [-0.2, 0) is 20.9 Å². The Morgan fingerprint density at radius 1 is 0.903 bits per heavy atom. The van der Waals surface area contributed by atoms with E-state index in [2.05, 4.69) is 0 Å². The second-order valence-corrected chi connectivity index (χ2v) is 8.43. The van der Waals surface area contributed by atoms with Gasteiger partial charge in [-0.05, 0) is 80.7 Å². The highest BCUT2D eigenvalue weighted by atomic mass is 16.5. The van der Waals surface area contributed by atoms with E-state index in [9.17, 15) is 9.59 Å². The van der Waals surface area contributed by atoms with E-state index in [1.54, 1.807) is 0 Å². The largest absolute Gasteiger partial charge is 0.490 e. The Morgan fingerprint density at radius 3 is 2.32 bits per heavy atom. The first-order valence-corrected chi connectivity index (χ1v) is 11.3. The molecule has 5 nitrogen and oxygen atoms in total. The monoisotopic (exact) mass is 422 g/mol. The number of hydrogen-bond donors (Lipinski definition) is 0. The molecule has 2 fully saturated rings. The highest BCUT2D eigenvalue weighted by Crippen LogP contribution is 2.43. The fourth-order valence-corrected chi connectivity index (χ4v) is 4.20. The molecule has 2 aromatic rings. The van der Waals surface area contributed by atoms with Crippen LogP contribution in [0.4, 0.5) is 0 Å². The van der Waals surface area contributed by atoms with Crippen molar-refractivity contribution in [1.29, 1.82) is 0 Å². The third-order valence-electron chi connectivity index (χ3n) is 6.07. The zero-order valence-corrected chi connectivity index (χ0v) is 18.0. The third kappa shape index (κ3) is 5.66. The van der Waals surface area contributed by atoms with Gasteiger partial charge in [0.05, 0.1) is 24.2 Å². The van der Waals surface area contributed by atoms with E-state index < -0.39 is 0 Å². The zero-order chi connectivity index (χ0) is 21.6. The van der Waals surface area contributed by atoms with Crippen molar-refractivity contribution in [2.24, 2.45) is 5.92 Å². The number of hydrogen-bond acceptors (Lipinski definition) is 5. The van der Waals surface area contributed by atoms with Crippen LogP contribution in [0, 0.1) is 5.92 Å². The van der Waals surface area contributed by atoms with Crippen LogP contribution in [0.5, 0.6) is 5.75 Å². The Labute approximate surface area is 183 Å². The molecule has 5 heteroatoms. The third-order valence-corrected chi connectivity index (χ3v) is 6.07. The second-order valence-electron chi connectivity index (χ2n) is 8.43. The molecule has 0 aliphatic heterocycles. The molecule has 2 saturated carbocycles. The lowest BCUT2D eigenvalue weighted by Crippen LogP contribution is -2.29. The van der Waals surface area contributed by atoms with Crippen molar-refractivity contribution in [1.82, 2.24) is 0 Å². The number of rotatable bonds is 8. The van der Waals surface area contributed by atoms with Gasteiger partial charge in [-0.25, -0.2) is 4.79 Å². The summed E-state index contributed by atoms with van der Waals surface area (Å²) in [7, 11) is 0. The summed E-state index contributed by atoms with van der Waals surface area (Å²) in [4.78, 5) is 24.6. The van der Waals surface area contributed by atoms with Crippen LogP contribution < -0.4 is 4.74 Å². The molecule has 0 radical (unpaired) electrons. The molecule has 164 valence electrons. The maximum atomic E-state index is 12.7. The molecule has 4 rings (SSSR count). The highest BCUT2D eigenvalue weighted by Gasteiger charge is 2.31. The first-order chi connectivity index (χ1) is 15.1. The summed E-state index contributed by atoms with van der Waals surface area (Å²) in [5, 5.41) is 0. The Balaban J connectivity index is 1.36. The lowest BCUT2D eigenvalue weighted by Gasteiger charge is -2.28. The summed E-state index contributed by atoms with van der Waals surface area (Å²) in [6.45, 7) is 2.54. The van der Waals surface area contributed by atoms with Crippen molar-refractivity contribution in [2.45, 2.75) is 64.1 Å². The average Bonchev–Trinajstić information content (AvgIpc) is 3.64. The van der Waals surface area contributed by atoms with Crippen molar-refractivity contribution in [3.63, 3.8) is 0 Å². The minimum Gasteiger partial charge on any atom is -0.490 e. The molecule has 0 bridgehead atoms. The van der Waals surface area contributed by atoms with Crippen LogP contribution in [0.3, 0.4) is 0 Å². The van der Waals surface area contributed by atoms with Crippen molar-refractivity contribution in [3.05, 3.63) is 65.2 Å². The fourth-order valence-electron chi connectivity index (χ4n) is 4.20. The van der Waals surface area contributed by atoms with Gasteiger partial charge >= 0.3 is 11.9 Å². The van der Waals surface area contributed by atoms with Gasteiger partial charge in [-0.15, -0.1) is 0 Å². The second kappa shape index (κ2) is 9.99. The SMILES string of the molecule is CCOC(=O)[C@H]1CC[C@@H](Oc2ccc(C(=O)OCc3ccccc3)c(C3CC3)c2)CC1. The number of esters is 2. The predicted octanol–water partition coefficient (Wildman–Crippen LogP) is 5.42. The summed E-state index contributed by atoms with van der Waals surface area (Å²) < 4.78 is 16.9. The van der Waals surface area contributed by atoms with Gasteiger partial charge in [0.25, 0.3) is 0 Å². The summed E-state index contributed by atoms with van der Waals surface area (Å²) in [5.41, 5.74) is 2.63. The molecule has 0 unspecified atom stereocenters. The molecule has 0 spiro atoms. The van der Waals surface area contributed by atoms with Crippen LogP contribution in [0.25, 0.3) is 0 Å². The first kappa shape index (κ1) is 21.4. The quantitative estimate of drug-likeness (QED) is 0.532. The van der Waals surface area contributed by atoms with Crippen molar-refractivity contribution < 1.29 is 23.8 Å². The van der Waals surface area contributed by atoms with Gasteiger partial charge in [-0.3, -0.25) is 4.79 Å². The van der Waals surface area contributed by atoms with Gasteiger partial charge in [0.2, 0.25) is 0 Å². The molecule has 2 aliphatic carbocycles. The van der Waals surface area contributed by atoms with Crippen LogP contribution in [0.2, 0.25) is 0 Å². The molecule has 0 heterocycles. The molecule has 0 aromatic heterocycles. The Kier molecular flexibility index (Phi) is 6.90. The number of carbonyl (C=O) groups excluding carboxylic acids is 2. The van der Waals surface area contributed by atoms with E-state index in [-0.39, 0.29) is 30.6 Å². The minimum atomic E-state index is -0.285. The summed E-state index contributed by atoms with van der Waals surface area (Å²) >= 11 is 0. The van der Waals surface area contributed by atoms with Gasteiger partial charge in [0.15, 0.2) is 0 Å². The summed E-state index contributed by atoms with van der Waals surface area (Å²) in [5.74, 6) is 0.814. The Bertz CT molecular complexity index is 895. The van der Waals surface area contributed by atoms with Crippen LogP contribution in [-0.4, -0.2) is 24.6 Å². The molecule has 0 N–H and O–H groups in total. The first-order valence-electron chi connectivity index (χ1n) is 11.3. The van der Waals surface area contributed by atoms with Gasteiger partial charge in [0.1, 0.15) is 12.4 Å². The molecule has 2 aromatic carbocycles. The maximum absolute atomic E-state index is 12.7. The number of benzene rings is 2. The number of ether oxygens (including phenoxy) is 3. The summed E-state index contributed by atoms with van der Waals surface area (Å²) in [6.07, 6.45) is 5.53. The van der Waals surface area contributed by atoms with E-state index in [4.69, 9.17) is 14.2 Å². The fraction of sp³-hybridized carbons (Fsp3) is 0.462. The lowest BCUT2D eigenvalue weighted by atomic mass is 9.87. The Morgan fingerprint density at radius 2 is 1.65 bits per heavy atom. The molecular weight excluding hydrogens is 392 g/mol. The normalized spacial score (nSPS) is 20.7. The average molecular weight is 423 g/mol. The van der Waals surface area contributed by atoms with Gasteiger partial charge < -0.3 is 14.2 Å².